The molecule has 2 rings (SSSR count). The fourth-order valence-electron chi connectivity index (χ4n) is 1.65. The van der Waals surface area contributed by atoms with Gasteiger partial charge in [-0.15, -0.1) is 11.6 Å². The topological polar surface area (TPSA) is 44.1 Å². The smallest absolute Gasteiger partial charge is 0.327 e. The minimum Gasteiger partial charge on any atom is -0.465 e. The van der Waals surface area contributed by atoms with Gasteiger partial charge in [-0.2, -0.15) is 5.10 Å². The largest absolute Gasteiger partial charge is 0.465 e. The van der Waals surface area contributed by atoms with Gasteiger partial charge in [0, 0.05) is 11.3 Å². The molecule has 0 N–H and O–H groups in total. The Labute approximate surface area is 104 Å². The van der Waals surface area contributed by atoms with E-state index in [1.807, 2.05) is 18.2 Å². The van der Waals surface area contributed by atoms with E-state index in [9.17, 15) is 4.79 Å². The molecule has 0 aliphatic heterocycles. The van der Waals surface area contributed by atoms with Crippen LogP contribution in [0.3, 0.4) is 0 Å². The number of nitrogens with zero attached hydrogens (tertiary/aromatic N) is 2. The molecule has 0 fully saturated rings. The maximum Gasteiger partial charge on any atom is 0.327 e. The van der Waals surface area contributed by atoms with Crippen LogP contribution in [0.1, 0.15) is 12.5 Å². The van der Waals surface area contributed by atoms with Crippen LogP contribution in [0.5, 0.6) is 0 Å². The molecule has 0 bridgehead atoms. The number of rotatable bonds is 4. The molecule has 0 unspecified atom stereocenters. The second kappa shape index (κ2) is 5.19. The van der Waals surface area contributed by atoms with Crippen LogP contribution < -0.4 is 0 Å². The third-order valence-corrected chi connectivity index (χ3v) is 2.76. The summed E-state index contributed by atoms with van der Waals surface area (Å²) in [5, 5.41) is 5.15. The van der Waals surface area contributed by atoms with Crippen LogP contribution in [0.4, 0.5) is 0 Å². The van der Waals surface area contributed by atoms with Gasteiger partial charge in [0.15, 0.2) is 0 Å². The maximum atomic E-state index is 11.4. The second-order valence-electron chi connectivity index (χ2n) is 3.63. The maximum absolute atomic E-state index is 11.4. The zero-order valence-corrected chi connectivity index (χ0v) is 10.3. The van der Waals surface area contributed by atoms with E-state index in [0.717, 1.165) is 16.5 Å². The van der Waals surface area contributed by atoms with Crippen molar-refractivity contribution < 1.29 is 9.53 Å². The third kappa shape index (κ3) is 2.58. The van der Waals surface area contributed by atoms with Crippen molar-refractivity contribution in [1.29, 1.82) is 0 Å². The highest BCUT2D eigenvalue weighted by atomic mass is 35.5. The minimum atomic E-state index is -0.284. The summed E-state index contributed by atoms with van der Waals surface area (Å²) >= 11 is 5.78. The number of fused-ring (bicyclic) bond motifs is 1. The lowest BCUT2D eigenvalue weighted by atomic mass is 10.2. The fourth-order valence-corrected chi connectivity index (χ4v) is 1.82. The van der Waals surface area contributed by atoms with Crippen molar-refractivity contribution in [3.63, 3.8) is 0 Å². The molecule has 0 spiro atoms. The minimum absolute atomic E-state index is 0.128. The van der Waals surface area contributed by atoms with Gasteiger partial charge in [0.25, 0.3) is 0 Å². The number of ether oxygens (including phenoxy) is 1. The van der Waals surface area contributed by atoms with Crippen molar-refractivity contribution in [3.8, 4) is 0 Å². The van der Waals surface area contributed by atoms with Crippen LogP contribution in [0.2, 0.25) is 0 Å². The number of halogens is 1. The van der Waals surface area contributed by atoms with Gasteiger partial charge in [-0.1, -0.05) is 12.1 Å². The summed E-state index contributed by atoms with van der Waals surface area (Å²) in [6, 6.07) is 5.84. The predicted octanol–water partition coefficient (Wildman–Crippen LogP) is 2.34. The number of hydrogen-bond donors (Lipinski definition) is 0. The first kappa shape index (κ1) is 11.9. The Hall–Kier alpha value is -1.55. The molecule has 17 heavy (non-hydrogen) atoms. The molecule has 90 valence electrons. The van der Waals surface area contributed by atoms with Crippen molar-refractivity contribution in [2.75, 3.05) is 6.61 Å². The van der Waals surface area contributed by atoms with E-state index in [4.69, 9.17) is 16.3 Å². The molecule has 0 aliphatic carbocycles. The highest BCUT2D eigenvalue weighted by molar-refractivity contribution is 6.17. The quantitative estimate of drug-likeness (QED) is 0.620. The number of aromatic nitrogens is 2. The highest BCUT2D eigenvalue weighted by Gasteiger charge is 2.08. The average Bonchev–Trinajstić information content (AvgIpc) is 2.72. The molecule has 0 saturated heterocycles. The molecular formula is C12H13ClN2O2. The molecule has 2 aromatic rings. The van der Waals surface area contributed by atoms with E-state index in [1.54, 1.807) is 17.8 Å². The molecule has 0 saturated carbocycles. The zero-order chi connectivity index (χ0) is 12.3. The second-order valence-corrected chi connectivity index (χ2v) is 3.90. The van der Waals surface area contributed by atoms with Crippen molar-refractivity contribution in [2.24, 2.45) is 0 Å². The van der Waals surface area contributed by atoms with Gasteiger partial charge in [-0.3, -0.25) is 9.48 Å². The van der Waals surface area contributed by atoms with Crippen LogP contribution in [0, 0.1) is 0 Å². The van der Waals surface area contributed by atoms with Crippen LogP contribution in [-0.2, 0) is 22.0 Å². The van der Waals surface area contributed by atoms with Crippen LogP contribution in [0.15, 0.2) is 24.4 Å². The van der Waals surface area contributed by atoms with Crippen LogP contribution in [-0.4, -0.2) is 22.4 Å². The number of alkyl halides is 1. The molecule has 5 heteroatoms. The van der Waals surface area contributed by atoms with E-state index in [2.05, 4.69) is 5.10 Å². The Kier molecular flexibility index (Phi) is 3.64. The zero-order valence-electron chi connectivity index (χ0n) is 9.52. The van der Waals surface area contributed by atoms with Gasteiger partial charge in [-0.25, -0.2) is 0 Å². The number of carbonyl (C=O) groups is 1. The van der Waals surface area contributed by atoms with Crippen LogP contribution in [0.25, 0.3) is 10.9 Å². The molecule has 4 nitrogen and oxygen atoms in total. The molecule has 0 aliphatic rings. The standard InChI is InChI=1S/C12H13ClN2O2/c1-2-17-12(16)8-15-11-5-9(6-13)3-4-10(11)7-14-15/h3-5,7H,2,6,8H2,1H3. The number of carbonyl (C=O) groups excluding carboxylic acids is 1. The number of benzene rings is 1. The van der Waals surface area contributed by atoms with Crippen molar-refractivity contribution in [1.82, 2.24) is 9.78 Å². The molecule has 1 aromatic carbocycles. The lowest BCUT2D eigenvalue weighted by Crippen LogP contribution is -2.14. The summed E-state index contributed by atoms with van der Waals surface area (Å²) < 4.78 is 6.52. The first-order valence-corrected chi connectivity index (χ1v) is 5.94. The van der Waals surface area contributed by atoms with E-state index in [0.29, 0.717) is 12.5 Å². The average molecular weight is 253 g/mol. The summed E-state index contributed by atoms with van der Waals surface area (Å²) in [5.74, 6) is 0.161. The Morgan fingerprint density at radius 2 is 2.35 bits per heavy atom. The first-order valence-electron chi connectivity index (χ1n) is 5.40. The Balaban J connectivity index is 2.30. The molecular weight excluding hydrogens is 240 g/mol. The summed E-state index contributed by atoms with van der Waals surface area (Å²) in [6.45, 7) is 2.29. The van der Waals surface area contributed by atoms with E-state index in [-0.39, 0.29) is 12.5 Å². The Morgan fingerprint density at radius 3 is 3.06 bits per heavy atom. The van der Waals surface area contributed by atoms with Crippen LogP contribution >= 0.6 is 11.6 Å². The molecule has 1 heterocycles. The third-order valence-electron chi connectivity index (χ3n) is 2.45. The number of hydrogen-bond acceptors (Lipinski definition) is 3. The van der Waals surface area contributed by atoms with Gasteiger partial charge in [-0.05, 0) is 18.6 Å². The van der Waals surface area contributed by atoms with Gasteiger partial charge in [0.2, 0.25) is 0 Å². The normalized spacial score (nSPS) is 10.7. The van der Waals surface area contributed by atoms with Gasteiger partial charge < -0.3 is 4.74 Å². The SMILES string of the molecule is CCOC(=O)Cn1ncc2ccc(CCl)cc21. The lowest BCUT2D eigenvalue weighted by molar-refractivity contribution is -0.143. The Bertz CT molecular complexity index is 536. The van der Waals surface area contributed by atoms with Gasteiger partial charge in [0.05, 0.1) is 18.3 Å². The number of esters is 1. The van der Waals surface area contributed by atoms with Gasteiger partial charge >= 0.3 is 5.97 Å². The van der Waals surface area contributed by atoms with Crippen molar-refractivity contribution in [2.45, 2.75) is 19.3 Å². The van der Waals surface area contributed by atoms with Crippen molar-refractivity contribution in [3.05, 3.63) is 30.0 Å². The van der Waals surface area contributed by atoms with E-state index < -0.39 is 0 Å². The monoisotopic (exact) mass is 252 g/mol. The summed E-state index contributed by atoms with van der Waals surface area (Å²) in [6.07, 6.45) is 1.73. The summed E-state index contributed by atoms with van der Waals surface area (Å²) in [5.41, 5.74) is 1.90. The Morgan fingerprint density at radius 1 is 1.53 bits per heavy atom. The predicted molar refractivity (Wildman–Crippen MR) is 65.9 cm³/mol. The van der Waals surface area contributed by atoms with E-state index in [1.165, 1.54) is 0 Å². The molecule has 0 amide bonds. The van der Waals surface area contributed by atoms with Gasteiger partial charge in [0.1, 0.15) is 6.54 Å². The molecule has 0 radical (unpaired) electrons. The fraction of sp³-hybridized carbons (Fsp3) is 0.333. The molecule has 1 aromatic heterocycles. The first-order chi connectivity index (χ1) is 8.24. The molecule has 0 atom stereocenters. The summed E-state index contributed by atoms with van der Waals surface area (Å²) in [4.78, 5) is 11.4. The highest BCUT2D eigenvalue weighted by Crippen LogP contribution is 2.17. The van der Waals surface area contributed by atoms with Crippen molar-refractivity contribution >= 4 is 28.5 Å². The summed E-state index contributed by atoms with van der Waals surface area (Å²) in [7, 11) is 0. The lowest BCUT2D eigenvalue weighted by Gasteiger charge is -2.04. The van der Waals surface area contributed by atoms with E-state index >= 15 is 0 Å².